The predicted octanol–water partition coefficient (Wildman–Crippen LogP) is 4.29. The molecule has 2 fully saturated rings. The van der Waals surface area contributed by atoms with Gasteiger partial charge in [-0.25, -0.2) is 14.1 Å². The molecule has 5 rings (SSSR count). The van der Waals surface area contributed by atoms with Crippen LogP contribution in [0.2, 0.25) is 0 Å². The minimum absolute atomic E-state index is 0.0167. The highest BCUT2D eigenvalue weighted by atomic mass is 31.2. The average molecular weight is 725 g/mol. The molecule has 0 bridgehead atoms. The second kappa shape index (κ2) is 14.1. The molecule has 3 heterocycles. The fourth-order valence-corrected chi connectivity index (χ4v) is 7.53. The van der Waals surface area contributed by atoms with E-state index in [1.54, 1.807) is 24.3 Å². The molecule has 1 unspecified atom stereocenters. The van der Waals surface area contributed by atoms with E-state index in [0.29, 0.717) is 5.52 Å². The maximum atomic E-state index is 14.3. The average Bonchev–Trinajstić information content (AvgIpc) is 3.60. The van der Waals surface area contributed by atoms with Gasteiger partial charge in [0.2, 0.25) is 5.60 Å². The van der Waals surface area contributed by atoms with E-state index in [4.69, 9.17) is 24.3 Å². The van der Waals surface area contributed by atoms with Crippen molar-refractivity contribution < 1.29 is 51.3 Å². The van der Waals surface area contributed by atoms with E-state index in [0.717, 1.165) is 11.9 Å². The highest BCUT2D eigenvalue weighted by Crippen LogP contribution is 2.48. The summed E-state index contributed by atoms with van der Waals surface area (Å²) in [6, 6.07) is 10.1. The molecule has 0 radical (unpaired) electrons. The van der Waals surface area contributed by atoms with Gasteiger partial charge in [-0.2, -0.15) is 28.6 Å². The summed E-state index contributed by atoms with van der Waals surface area (Å²) in [5.74, 6) is -2.17. The van der Waals surface area contributed by atoms with Crippen molar-refractivity contribution in [3.05, 3.63) is 54.0 Å². The number of anilines is 1. The van der Waals surface area contributed by atoms with Crippen LogP contribution in [-0.2, 0) is 34.4 Å². The number of hydrogen-bond donors (Lipinski definition) is 4. The van der Waals surface area contributed by atoms with Gasteiger partial charge in [0.25, 0.3) is 0 Å². The zero-order valence-electron chi connectivity index (χ0n) is 27.8. The molecule has 50 heavy (non-hydrogen) atoms. The number of carbonyl (C=O) groups is 1. The molecule has 1 aliphatic heterocycles. The Hall–Kier alpha value is -3.78. The molecule has 3 aromatic rings. The van der Waals surface area contributed by atoms with Crippen LogP contribution in [-0.4, -0.2) is 74.0 Å². The van der Waals surface area contributed by atoms with E-state index in [2.05, 4.69) is 15.2 Å². The Morgan fingerprint density at radius 2 is 1.84 bits per heavy atom. The number of nitriles is 1. The van der Waals surface area contributed by atoms with Gasteiger partial charge in [-0.3, -0.25) is 9.32 Å². The first kappa shape index (κ1) is 37.5. The highest BCUT2D eigenvalue weighted by Gasteiger charge is 2.58. The number of fused-ring (bicyclic) bond motifs is 1. The number of esters is 1. The van der Waals surface area contributed by atoms with Crippen LogP contribution in [0.3, 0.4) is 0 Å². The lowest BCUT2D eigenvalue weighted by Gasteiger charge is -2.30. The molecule has 1 saturated heterocycles. The Kier molecular flexibility index (Phi) is 10.6. The summed E-state index contributed by atoms with van der Waals surface area (Å²) < 4.78 is 77.6. The fourth-order valence-electron chi connectivity index (χ4n) is 6.03. The van der Waals surface area contributed by atoms with Crippen LogP contribution >= 0.6 is 7.75 Å². The lowest BCUT2D eigenvalue weighted by molar-refractivity contribution is -0.188. The van der Waals surface area contributed by atoms with Crippen molar-refractivity contribution in [2.45, 2.75) is 101 Å². The van der Waals surface area contributed by atoms with E-state index in [-0.39, 0.29) is 48.4 Å². The van der Waals surface area contributed by atoms with Crippen LogP contribution in [0.4, 0.5) is 19.0 Å². The number of rotatable bonds is 10. The number of aromatic nitrogens is 3. The number of alkyl halides is 3. The van der Waals surface area contributed by atoms with E-state index in [1.165, 1.54) is 23.6 Å². The standard InChI is InChI=1S/C32H40F3N6O8P/c1-18(29(44)47-21-9-7-20(8-10-21)32(33,34)35)40-50(45,49-22-11-5-19(6-12-22)30(2,3)4)46-15-24-26(42)27(43)31(16-36,48-24)25-14-13-23-28(37)38-17-39-41(23)25/h5-6,11-14,17-18,20-21,24,26-27,42-43H,7-10,15H2,1-4H3,(H,40,45)(H2,37,38,39)/t18-,20?,21?,24+,26+,27+,31-,50?/m0/s1. The SMILES string of the molecule is C[C@H](NP(=O)(OC[C@H]1O[C@@](C#N)(c2ccc3c(N)ncnn23)[C@H](O)[C@@H]1O)Oc1ccc(C(C)(C)C)cc1)C(=O)OC1CCC(C(F)(F)F)CC1. The molecule has 2 aromatic heterocycles. The molecule has 1 saturated carbocycles. The molecule has 0 amide bonds. The number of carbonyl (C=O) groups excluding carboxylic acids is 1. The Bertz CT molecular complexity index is 1770. The lowest BCUT2D eigenvalue weighted by atomic mass is 9.87. The van der Waals surface area contributed by atoms with Crippen LogP contribution < -0.4 is 15.3 Å². The number of ether oxygens (including phenoxy) is 2. The number of hydrogen-bond acceptors (Lipinski definition) is 12. The molecule has 14 nitrogen and oxygen atoms in total. The van der Waals surface area contributed by atoms with Crippen molar-refractivity contribution in [1.82, 2.24) is 19.7 Å². The molecule has 5 N–H and O–H groups in total. The van der Waals surface area contributed by atoms with Crippen LogP contribution in [0, 0.1) is 17.2 Å². The molecule has 6 atom stereocenters. The van der Waals surface area contributed by atoms with Gasteiger partial charge in [-0.05, 0) is 67.9 Å². The largest absolute Gasteiger partial charge is 0.461 e. The van der Waals surface area contributed by atoms with Crippen molar-refractivity contribution in [3.63, 3.8) is 0 Å². The summed E-state index contributed by atoms with van der Waals surface area (Å²) in [5, 5.41) is 38.9. The summed E-state index contributed by atoms with van der Waals surface area (Å²) in [4.78, 5) is 16.9. The molecule has 2 aliphatic rings. The van der Waals surface area contributed by atoms with E-state index < -0.39 is 68.5 Å². The number of nitrogens with two attached hydrogens (primary N) is 1. The zero-order chi connectivity index (χ0) is 36.6. The summed E-state index contributed by atoms with van der Waals surface area (Å²) >= 11 is 0. The van der Waals surface area contributed by atoms with Gasteiger partial charge in [0.05, 0.1) is 18.2 Å². The molecular formula is C32H40F3N6O8P. The van der Waals surface area contributed by atoms with Gasteiger partial charge in [0.1, 0.15) is 54.1 Å². The normalized spacial score (nSPS) is 27.7. The zero-order valence-corrected chi connectivity index (χ0v) is 28.7. The molecule has 1 aliphatic carbocycles. The topological polar surface area (TPSA) is 204 Å². The van der Waals surface area contributed by atoms with Crippen molar-refractivity contribution in [1.29, 1.82) is 5.26 Å². The van der Waals surface area contributed by atoms with Gasteiger partial charge >= 0.3 is 19.9 Å². The first-order chi connectivity index (χ1) is 23.4. The number of aliphatic hydroxyl groups is 2. The Balaban J connectivity index is 1.33. The van der Waals surface area contributed by atoms with Crippen LogP contribution in [0.1, 0.15) is 64.6 Å². The molecule has 1 aromatic carbocycles. The number of aliphatic hydroxyl groups excluding tert-OH is 2. The maximum absolute atomic E-state index is 14.3. The maximum Gasteiger partial charge on any atom is 0.459 e. The Labute approximate surface area is 286 Å². The van der Waals surface area contributed by atoms with E-state index in [9.17, 15) is 38.0 Å². The third-order valence-corrected chi connectivity index (χ3v) is 10.6. The molecule has 18 heteroatoms. The van der Waals surface area contributed by atoms with Crippen LogP contribution in [0.5, 0.6) is 5.75 Å². The number of nitrogens with zero attached hydrogens (tertiary/aromatic N) is 4. The second-order valence-electron chi connectivity index (χ2n) is 13.6. The fraction of sp³-hybridized carbons (Fsp3) is 0.562. The molecular weight excluding hydrogens is 684 g/mol. The number of halogens is 3. The number of benzene rings is 1. The Morgan fingerprint density at radius 1 is 1.18 bits per heavy atom. The van der Waals surface area contributed by atoms with Crippen molar-refractivity contribution in [2.24, 2.45) is 5.92 Å². The molecule has 0 spiro atoms. The number of nitrogen functional groups attached to an aromatic ring is 1. The van der Waals surface area contributed by atoms with Crippen molar-refractivity contribution in [2.75, 3.05) is 12.3 Å². The third kappa shape index (κ3) is 7.75. The minimum atomic E-state index is -4.54. The minimum Gasteiger partial charge on any atom is -0.461 e. The highest BCUT2D eigenvalue weighted by molar-refractivity contribution is 7.52. The van der Waals surface area contributed by atoms with E-state index >= 15 is 0 Å². The van der Waals surface area contributed by atoms with Gasteiger partial charge in [-0.1, -0.05) is 32.9 Å². The van der Waals surface area contributed by atoms with Crippen LogP contribution in [0.15, 0.2) is 42.7 Å². The first-order valence-electron chi connectivity index (χ1n) is 16.0. The summed E-state index contributed by atoms with van der Waals surface area (Å²) in [7, 11) is -4.54. The number of nitrogens with one attached hydrogen (secondary N) is 1. The van der Waals surface area contributed by atoms with Gasteiger partial charge in [0, 0.05) is 0 Å². The van der Waals surface area contributed by atoms with Gasteiger partial charge in [-0.15, -0.1) is 0 Å². The van der Waals surface area contributed by atoms with Crippen molar-refractivity contribution >= 4 is 25.1 Å². The third-order valence-electron chi connectivity index (χ3n) is 8.97. The summed E-state index contributed by atoms with van der Waals surface area (Å²) in [5.41, 5.74) is 4.84. The van der Waals surface area contributed by atoms with Crippen molar-refractivity contribution in [3.8, 4) is 11.8 Å². The Morgan fingerprint density at radius 3 is 2.44 bits per heavy atom. The smallest absolute Gasteiger partial charge is 0.459 e. The monoisotopic (exact) mass is 724 g/mol. The summed E-state index contributed by atoms with van der Waals surface area (Å²) in [6.45, 7) is 6.63. The lowest BCUT2D eigenvalue weighted by Crippen LogP contribution is -2.41. The van der Waals surface area contributed by atoms with Gasteiger partial charge in [0.15, 0.2) is 5.82 Å². The predicted molar refractivity (Wildman–Crippen MR) is 171 cm³/mol. The second-order valence-corrected chi connectivity index (χ2v) is 15.3. The first-order valence-corrected chi connectivity index (χ1v) is 17.5. The molecule has 272 valence electrons. The summed E-state index contributed by atoms with van der Waals surface area (Å²) in [6.07, 6.45) is -9.27. The van der Waals surface area contributed by atoms with Crippen LogP contribution in [0.25, 0.3) is 5.52 Å². The van der Waals surface area contributed by atoms with E-state index in [1.807, 2.05) is 26.8 Å². The quantitative estimate of drug-likeness (QED) is 0.170. The van der Waals surface area contributed by atoms with Gasteiger partial charge < -0.3 is 29.9 Å².